The van der Waals surface area contributed by atoms with Gasteiger partial charge in [0, 0.05) is 24.0 Å². The van der Waals surface area contributed by atoms with Gasteiger partial charge in [0.25, 0.3) is 5.84 Å². The Hall–Kier alpha value is -2.43. The molecule has 3 nitrogen and oxygen atoms in total. The summed E-state index contributed by atoms with van der Waals surface area (Å²) in [6.45, 7) is 5.92. The van der Waals surface area contributed by atoms with E-state index in [9.17, 15) is 0 Å². The third-order valence-corrected chi connectivity index (χ3v) is 6.05. The van der Waals surface area contributed by atoms with E-state index in [2.05, 4.69) is 48.9 Å². The van der Waals surface area contributed by atoms with Crippen molar-refractivity contribution in [1.82, 2.24) is 0 Å². The molecule has 3 aliphatic rings. The molecular weight excluding hydrogens is 350 g/mol. The third kappa shape index (κ3) is 2.63. The second-order valence-electron chi connectivity index (χ2n) is 7.10. The van der Waals surface area contributed by atoms with Gasteiger partial charge in [-0.25, -0.2) is 9.48 Å². The standard InChI is InChI=1S/C23H20N3S/c1-16-8-10-18(11-9-16)21-14-24-22-23(27-2)25-20(17-6-4-3-5-7-17)15-26(21,22)19-12-13-19/h1,3-11,14-15,19H,12-13H2,2H3/q+1. The molecule has 1 atom stereocenters. The predicted octanol–water partition coefficient (Wildman–Crippen LogP) is 5.21. The smallest absolute Gasteiger partial charge is 0.228 e. The Labute approximate surface area is 164 Å². The van der Waals surface area contributed by atoms with Crippen LogP contribution in [0.4, 0.5) is 0 Å². The number of nitrogens with zero attached hydrogens (tertiary/aromatic N) is 3. The van der Waals surface area contributed by atoms with E-state index in [1.165, 1.54) is 24.1 Å². The zero-order chi connectivity index (χ0) is 18.4. The number of aliphatic imine (C=N–C) groups is 2. The number of benzene rings is 2. The van der Waals surface area contributed by atoms with Crippen LogP contribution in [0.2, 0.25) is 0 Å². The molecule has 1 saturated carbocycles. The molecule has 2 aromatic rings. The average Bonchev–Trinajstić information content (AvgIpc) is 3.50. The van der Waals surface area contributed by atoms with E-state index in [0.717, 1.165) is 27.7 Å². The van der Waals surface area contributed by atoms with Crippen LogP contribution in [0.15, 0.2) is 77.0 Å². The van der Waals surface area contributed by atoms with E-state index in [0.29, 0.717) is 10.5 Å². The highest BCUT2D eigenvalue weighted by Crippen LogP contribution is 2.49. The van der Waals surface area contributed by atoms with Gasteiger partial charge in [0.15, 0.2) is 10.7 Å². The Morgan fingerprint density at radius 3 is 2.41 bits per heavy atom. The molecule has 1 aliphatic carbocycles. The Morgan fingerprint density at radius 2 is 1.74 bits per heavy atom. The zero-order valence-corrected chi connectivity index (χ0v) is 16.0. The Kier molecular flexibility index (Phi) is 3.92. The molecule has 2 aliphatic heterocycles. The number of hydrogen-bond acceptors (Lipinski definition) is 3. The molecular formula is C23H20N3S+. The van der Waals surface area contributed by atoms with Crippen molar-refractivity contribution in [2.45, 2.75) is 18.9 Å². The average molecular weight is 371 g/mol. The molecule has 0 N–H and O–H groups in total. The highest BCUT2D eigenvalue weighted by atomic mass is 32.2. The summed E-state index contributed by atoms with van der Waals surface area (Å²) in [7, 11) is 0. The van der Waals surface area contributed by atoms with Crippen LogP contribution in [0.5, 0.6) is 0 Å². The molecule has 1 fully saturated rings. The predicted molar refractivity (Wildman–Crippen MR) is 114 cm³/mol. The second kappa shape index (κ2) is 6.32. The fourth-order valence-electron chi connectivity index (χ4n) is 3.94. The van der Waals surface area contributed by atoms with Gasteiger partial charge in [-0.1, -0.05) is 42.5 Å². The van der Waals surface area contributed by atoms with Crippen LogP contribution in [-0.2, 0) is 0 Å². The summed E-state index contributed by atoms with van der Waals surface area (Å²) in [5.41, 5.74) is 5.32. The minimum absolute atomic E-state index is 0.520. The lowest BCUT2D eigenvalue weighted by Crippen LogP contribution is -2.50. The SMILES string of the molecule is [CH]c1ccc(C2=CN=C3C(SC)=NC(c4ccccc4)=C[N+]23C2CC2)cc1. The number of quaternary nitrogens is 1. The minimum atomic E-state index is 0.520. The van der Waals surface area contributed by atoms with Crippen molar-refractivity contribution in [2.75, 3.05) is 6.26 Å². The quantitative estimate of drug-likeness (QED) is 0.681. The number of fused-ring (bicyclic) bond motifs is 1. The lowest BCUT2D eigenvalue weighted by atomic mass is 10.1. The lowest BCUT2D eigenvalue weighted by molar-refractivity contribution is -0.717. The van der Waals surface area contributed by atoms with Crippen molar-refractivity contribution in [1.29, 1.82) is 0 Å². The van der Waals surface area contributed by atoms with Crippen molar-refractivity contribution < 1.29 is 4.48 Å². The molecule has 0 aromatic heterocycles. The van der Waals surface area contributed by atoms with Gasteiger partial charge in [-0.3, -0.25) is 0 Å². The third-order valence-electron chi connectivity index (χ3n) is 5.39. The second-order valence-corrected chi connectivity index (χ2v) is 7.89. The summed E-state index contributed by atoms with van der Waals surface area (Å²) in [5.74, 6) is 1.05. The van der Waals surface area contributed by atoms with Gasteiger partial charge in [0.2, 0.25) is 0 Å². The first-order chi connectivity index (χ1) is 13.2. The number of amidine groups is 1. The van der Waals surface area contributed by atoms with Crippen LogP contribution >= 0.6 is 11.8 Å². The van der Waals surface area contributed by atoms with Crippen molar-refractivity contribution in [3.05, 3.63) is 90.6 Å². The first-order valence-corrected chi connectivity index (χ1v) is 10.4. The maximum Gasteiger partial charge on any atom is 0.270 e. The summed E-state index contributed by atoms with van der Waals surface area (Å²) in [6, 6.07) is 19.1. The van der Waals surface area contributed by atoms with Gasteiger partial charge in [0.1, 0.15) is 17.9 Å². The Bertz CT molecular complexity index is 1010. The zero-order valence-electron chi connectivity index (χ0n) is 15.2. The Balaban J connectivity index is 1.70. The van der Waals surface area contributed by atoms with Crippen LogP contribution in [-0.4, -0.2) is 27.7 Å². The molecule has 0 saturated heterocycles. The van der Waals surface area contributed by atoms with Gasteiger partial charge in [0.05, 0.1) is 6.20 Å². The van der Waals surface area contributed by atoms with Crippen molar-refractivity contribution in [2.24, 2.45) is 9.98 Å². The first-order valence-electron chi connectivity index (χ1n) is 9.17. The van der Waals surface area contributed by atoms with Gasteiger partial charge in [-0.05, 0) is 30.9 Å². The molecule has 2 heterocycles. The first kappa shape index (κ1) is 16.7. The molecule has 0 spiro atoms. The molecule has 27 heavy (non-hydrogen) atoms. The van der Waals surface area contributed by atoms with Crippen molar-refractivity contribution >= 4 is 34.0 Å². The maximum absolute atomic E-state index is 5.92. The molecule has 4 heteroatoms. The van der Waals surface area contributed by atoms with Crippen molar-refractivity contribution in [3.8, 4) is 0 Å². The topological polar surface area (TPSA) is 24.7 Å². The maximum atomic E-state index is 5.92. The van der Waals surface area contributed by atoms with E-state index in [4.69, 9.17) is 16.9 Å². The van der Waals surface area contributed by atoms with E-state index >= 15 is 0 Å². The number of rotatable bonds is 3. The van der Waals surface area contributed by atoms with Gasteiger partial charge in [-0.15, -0.1) is 11.8 Å². The number of thioether (sulfide) groups is 1. The van der Waals surface area contributed by atoms with Crippen molar-refractivity contribution in [3.63, 3.8) is 0 Å². The highest BCUT2D eigenvalue weighted by Gasteiger charge is 2.56. The van der Waals surface area contributed by atoms with Crippen LogP contribution < -0.4 is 0 Å². The molecule has 132 valence electrons. The van der Waals surface area contributed by atoms with E-state index in [-0.39, 0.29) is 0 Å². The molecule has 0 bridgehead atoms. The summed E-state index contributed by atoms with van der Waals surface area (Å²) in [5, 5.41) is 1.00. The van der Waals surface area contributed by atoms with Crippen LogP contribution in [0.1, 0.15) is 29.5 Å². The lowest BCUT2D eigenvalue weighted by Gasteiger charge is -2.36. The summed E-state index contributed by atoms with van der Waals surface area (Å²) in [6.07, 6.45) is 8.81. The highest BCUT2D eigenvalue weighted by molar-refractivity contribution is 8.15. The van der Waals surface area contributed by atoms with Gasteiger partial charge in [-0.2, -0.15) is 4.99 Å². The van der Waals surface area contributed by atoms with Crippen LogP contribution in [0.3, 0.4) is 0 Å². The van der Waals surface area contributed by atoms with E-state index in [1.54, 1.807) is 11.8 Å². The van der Waals surface area contributed by atoms with E-state index in [1.807, 2.05) is 24.4 Å². The van der Waals surface area contributed by atoms with Gasteiger partial charge >= 0.3 is 0 Å². The molecule has 0 amide bonds. The number of hydrogen-bond donors (Lipinski definition) is 0. The molecule has 2 aromatic carbocycles. The Morgan fingerprint density at radius 1 is 1.00 bits per heavy atom. The largest absolute Gasteiger partial charge is 0.270 e. The summed E-state index contributed by atoms with van der Waals surface area (Å²) < 4.78 is 0.674. The fourth-order valence-corrected chi connectivity index (χ4v) is 4.51. The van der Waals surface area contributed by atoms with Crippen LogP contribution in [0, 0.1) is 6.92 Å². The fraction of sp³-hybridized carbons (Fsp3) is 0.174. The molecule has 5 rings (SSSR count). The normalized spacial score (nSPS) is 23.9. The minimum Gasteiger partial charge on any atom is -0.228 e. The monoisotopic (exact) mass is 370 g/mol. The molecule has 2 radical (unpaired) electrons. The summed E-state index contributed by atoms with van der Waals surface area (Å²) in [4.78, 5) is 9.80. The molecule has 1 unspecified atom stereocenters. The van der Waals surface area contributed by atoms with E-state index < -0.39 is 0 Å². The van der Waals surface area contributed by atoms with Crippen LogP contribution in [0.25, 0.3) is 11.4 Å². The van der Waals surface area contributed by atoms with Gasteiger partial charge < -0.3 is 0 Å². The summed E-state index contributed by atoms with van der Waals surface area (Å²) >= 11 is 1.67.